The summed E-state index contributed by atoms with van der Waals surface area (Å²) in [6.45, 7) is 3.76. The molecule has 4 aromatic carbocycles. The van der Waals surface area contributed by atoms with Crippen molar-refractivity contribution in [3.8, 4) is 28.4 Å². The summed E-state index contributed by atoms with van der Waals surface area (Å²) in [5, 5.41) is 17.3. The van der Waals surface area contributed by atoms with Crippen LogP contribution < -0.4 is 10.4 Å². The average molecular weight is 582 g/mol. The predicted octanol–water partition coefficient (Wildman–Crippen LogP) is 7.83. The molecule has 1 unspecified atom stereocenters. The normalized spacial score (nSPS) is 14.6. The molecule has 0 saturated carbocycles. The third-order valence-electron chi connectivity index (χ3n) is 8.44. The highest BCUT2D eigenvalue weighted by Crippen LogP contribution is 2.42. The fourth-order valence-electron chi connectivity index (χ4n) is 6.21. The maximum absolute atomic E-state index is 13.6. The van der Waals surface area contributed by atoms with E-state index >= 15 is 0 Å². The van der Waals surface area contributed by atoms with Crippen LogP contribution in [0.3, 0.4) is 0 Å². The minimum atomic E-state index is -0.606. The Labute approximate surface area is 254 Å². The van der Waals surface area contributed by atoms with Gasteiger partial charge in [-0.25, -0.2) is 9.48 Å². The van der Waals surface area contributed by atoms with Crippen molar-refractivity contribution < 1.29 is 14.3 Å². The summed E-state index contributed by atoms with van der Waals surface area (Å²) in [7, 11) is 1.66. The van der Waals surface area contributed by atoms with E-state index in [9.17, 15) is 9.90 Å². The number of aromatic hydroxyl groups is 1. The summed E-state index contributed by atoms with van der Waals surface area (Å²) in [6.07, 6.45) is 3.10. The van der Waals surface area contributed by atoms with Gasteiger partial charge in [0.25, 0.3) is 0 Å². The highest BCUT2D eigenvalue weighted by molar-refractivity contribution is 6.08. The van der Waals surface area contributed by atoms with Gasteiger partial charge in [-0.3, -0.25) is 4.99 Å². The number of hydrogen-bond donors (Lipinski definition) is 1. The molecule has 0 fully saturated rings. The highest BCUT2D eigenvalue weighted by Gasteiger charge is 2.30. The molecule has 7 nitrogen and oxygen atoms in total. The van der Waals surface area contributed by atoms with Crippen LogP contribution in [0, 0.1) is 13.8 Å². The Morgan fingerprint density at radius 3 is 2.43 bits per heavy atom. The second-order valence-electron chi connectivity index (χ2n) is 11.2. The molecule has 1 atom stereocenters. The van der Waals surface area contributed by atoms with Crippen molar-refractivity contribution in [3.05, 3.63) is 135 Å². The minimum absolute atomic E-state index is 0.0979. The van der Waals surface area contributed by atoms with E-state index in [0.717, 1.165) is 44.9 Å². The first-order chi connectivity index (χ1) is 21.4. The maximum atomic E-state index is 13.6. The van der Waals surface area contributed by atoms with Crippen LogP contribution in [0.1, 0.15) is 40.2 Å². The summed E-state index contributed by atoms with van der Waals surface area (Å²) in [5.74, 6) is 0.482. The number of hydrogen-bond acceptors (Lipinski definition) is 6. The van der Waals surface area contributed by atoms with E-state index in [1.54, 1.807) is 7.11 Å². The molecule has 44 heavy (non-hydrogen) atoms. The number of benzene rings is 4. The molecular formula is C37H31N3O4. The van der Waals surface area contributed by atoms with Crippen LogP contribution in [0.5, 0.6) is 11.5 Å². The SMILES string of the molecule is COc1ccccc1-c1nn(-c2ccccc2)cc1C1CC(c2c(O)c3c(C)ccc(C)c3oc2=O)=Nc2ccccc2C1. The molecule has 0 amide bonds. The van der Waals surface area contributed by atoms with Crippen molar-refractivity contribution in [3.63, 3.8) is 0 Å². The molecule has 0 spiro atoms. The number of aliphatic imine (C=N–C) groups is 1. The smallest absolute Gasteiger partial charge is 0.349 e. The van der Waals surface area contributed by atoms with Gasteiger partial charge >= 0.3 is 5.63 Å². The van der Waals surface area contributed by atoms with Gasteiger partial charge in [-0.15, -0.1) is 0 Å². The zero-order chi connectivity index (χ0) is 30.4. The van der Waals surface area contributed by atoms with Gasteiger partial charge in [0.2, 0.25) is 0 Å². The monoisotopic (exact) mass is 581 g/mol. The standard InChI is InChI=1S/C37H31N3O4/c1-22-17-18-23(2)36-32(22)35(41)33(37(42)44-36)30-20-25(19-24-11-7-9-15-29(24)38-30)28-21-40(26-12-5-4-6-13-26)39-34(28)27-14-8-10-16-31(27)43-3/h4-18,21,25,41H,19-20H2,1-3H3. The van der Waals surface area contributed by atoms with Crippen molar-refractivity contribution in [1.82, 2.24) is 9.78 Å². The minimum Gasteiger partial charge on any atom is -0.506 e. The van der Waals surface area contributed by atoms with Crippen molar-refractivity contribution >= 4 is 22.4 Å². The van der Waals surface area contributed by atoms with Crippen LogP contribution in [0.4, 0.5) is 5.69 Å². The molecule has 0 aliphatic carbocycles. The molecule has 6 aromatic rings. The lowest BCUT2D eigenvalue weighted by Gasteiger charge is -2.18. The summed E-state index contributed by atoms with van der Waals surface area (Å²) in [4.78, 5) is 18.6. The largest absolute Gasteiger partial charge is 0.506 e. The quantitative estimate of drug-likeness (QED) is 0.210. The second kappa shape index (κ2) is 11.0. The maximum Gasteiger partial charge on any atom is 0.349 e. The molecule has 0 bridgehead atoms. The van der Waals surface area contributed by atoms with E-state index < -0.39 is 5.63 Å². The topological polar surface area (TPSA) is 89.9 Å². The average Bonchev–Trinajstić information content (AvgIpc) is 3.39. The number of fused-ring (bicyclic) bond motifs is 2. The van der Waals surface area contributed by atoms with Gasteiger partial charge in [0.05, 0.1) is 35.3 Å². The van der Waals surface area contributed by atoms with E-state index in [1.165, 1.54) is 0 Å². The summed E-state index contributed by atoms with van der Waals surface area (Å²) in [6, 6.07) is 29.6. The number of rotatable bonds is 5. The first-order valence-electron chi connectivity index (χ1n) is 14.6. The van der Waals surface area contributed by atoms with Gasteiger partial charge in [-0.1, -0.05) is 60.7 Å². The van der Waals surface area contributed by atoms with Crippen molar-refractivity contribution in [2.45, 2.75) is 32.6 Å². The molecule has 0 saturated heterocycles. The lowest BCUT2D eigenvalue weighted by molar-refractivity contribution is 0.416. The number of aryl methyl sites for hydroxylation is 2. The van der Waals surface area contributed by atoms with Crippen LogP contribution in [-0.2, 0) is 6.42 Å². The Morgan fingerprint density at radius 1 is 0.886 bits per heavy atom. The third-order valence-corrected chi connectivity index (χ3v) is 8.44. The zero-order valence-electron chi connectivity index (χ0n) is 24.7. The molecule has 218 valence electrons. The molecule has 7 heteroatoms. The first-order valence-corrected chi connectivity index (χ1v) is 14.6. The van der Waals surface area contributed by atoms with Crippen LogP contribution in [0.15, 0.2) is 111 Å². The van der Waals surface area contributed by atoms with E-state index in [4.69, 9.17) is 19.2 Å². The molecule has 2 aromatic heterocycles. The zero-order valence-corrected chi connectivity index (χ0v) is 24.7. The van der Waals surface area contributed by atoms with E-state index in [1.807, 2.05) is 103 Å². The number of nitrogens with zero attached hydrogens (tertiary/aromatic N) is 3. The third kappa shape index (κ3) is 4.67. The number of ether oxygens (including phenoxy) is 1. The fraction of sp³-hybridized carbons (Fsp3) is 0.162. The Bertz CT molecular complexity index is 2130. The Balaban J connectivity index is 1.45. The van der Waals surface area contributed by atoms with E-state index in [-0.39, 0.29) is 17.2 Å². The number of para-hydroxylation sites is 3. The number of methoxy groups -OCH3 is 1. The molecule has 3 heterocycles. The Morgan fingerprint density at radius 2 is 1.61 bits per heavy atom. The van der Waals surface area contributed by atoms with E-state index in [0.29, 0.717) is 35.3 Å². The van der Waals surface area contributed by atoms with Crippen molar-refractivity contribution in [2.75, 3.05) is 7.11 Å². The molecule has 1 aliphatic heterocycles. The fourth-order valence-corrected chi connectivity index (χ4v) is 6.21. The Hall–Kier alpha value is -5.43. The summed E-state index contributed by atoms with van der Waals surface area (Å²) >= 11 is 0. The van der Waals surface area contributed by atoms with Gasteiger partial charge in [0.15, 0.2) is 0 Å². The Kier molecular flexibility index (Phi) is 6.85. The van der Waals surface area contributed by atoms with Crippen molar-refractivity contribution in [2.24, 2.45) is 4.99 Å². The molecule has 7 rings (SSSR count). The molecular weight excluding hydrogens is 550 g/mol. The highest BCUT2D eigenvalue weighted by atomic mass is 16.5. The van der Waals surface area contributed by atoms with Gasteiger partial charge < -0.3 is 14.3 Å². The van der Waals surface area contributed by atoms with Gasteiger partial charge in [-0.2, -0.15) is 5.10 Å². The van der Waals surface area contributed by atoms with Crippen LogP contribution in [0.25, 0.3) is 27.9 Å². The lowest BCUT2D eigenvalue weighted by Crippen LogP contribution is -2.18. The second-order valence-corrected chi connectivity index (χ2v) is 11.2. The van der Waals surface area contributed by atoms with Crippen LogP contribution in [-0.4, -0.2) is 27.7 Å². The van der Waals surface area contributed by atoms with Gasteiger partial charge in [0.1, 0.15) is 22.6 Å². The summed E-state index contributed by atoms with van der Waals surface area (Å²) < 4.78 is 13.5. The van der Waals surface area contributed by atoms with Crippen molar-refractivity contribution in [1.29, 1.82) is 0 Å². The van der Waals surface area contributed by atoms with Gasteiger partial charge in [0, 0.05) is 17.3 Å². The lowest BCUT2D eigenvalue weighted by atomic mass is 9.85. The van der Waals surface area contributed by atoms with Crippen LogP contribution >= 0.6 is 0 Å². The predicted molar refractivity (Wildman–Crippen MR) is 173 cm³/mol. The number of aromatic nitrogens is 2. The van der Waals surface area contributed by atoms with Gasteiger partial charge in [-0.05, 0) is 79.6 Å². The molecule has 1 N–H and O–H groups in total. The van der Waals surface area contributed by atoms with E-state index in [2.05, 4.69) is 12.3 Å². The van der Waals surface area contributed by atoms with Crippen LogP contribution in [0.2, 0.25) is 0 Å². The molecule has 1 aliphatic rings. The first kappa shape index (κ1) is 27.4. The summed E-state index contributed by atoms with van der Waals surface area (Å²) in [5.41, 5.74) is 7.35. The molecule has 0 radical (unpaired) electrons.